The zero-order valence-corrected chi connectivity index (χ0v) is 18.3. The molecule has 0 N–H and O–H groups in total. The van der Waals surface area contributed by atoms with E-state index in [1.807, 2.05) is 0 Å². The van der Waals surface area contributed by atoms with E-state index < -0.39 is 11.7 Å². The number of carbonyl (C=O) groups excluding carboxylic acids is 1. The first-order valence-electron chi connectivity index (χ1n) is 11.3. The van der Waals surface area contributed by atoms with Gasteiger partial charge in [-0.3, -0.25) is 9.69 Å². The minimum atomic E-state index is -4.29. The number of rotatable bonds is 6. The summed E-state index contributed by atoms with van der Waals surface area (Å²) < 4.78 is 38.2. The first-order chi connectivity index (χ1) is 14.1. The molecule has 1 aliphatic heterocycles. The van der Waals surface area contributed by atoms with Gasteiger partial charge in [0.1, 0.15) is 0 Å². The third-order valence-corrected chi connectivity index (χ3v) is 6.97. The second-order valence-electron chi connectivity index (χ2n) is 9.69. The van der Waals surface area contributed by atoms with Crippen LogP contribution in [0.25, 0.3) is 0 Å². The molecule has 1 saturated heterocycles. The van der Waals surface area contributed by atoms with E-state index in [2.05, 4.69) is 16.7 Å². The maximum Gasteiger partial charge on any atom is 0.416 e. The highest BCUT2D eigenvalue weighted by Gasteiger charge is 2.34. The fourth-order valence-corrected chi connectivity index (χ4v) is 4.91. The SMILES string of the molecule is CC(=O)N(CC1CCCCC1)CC1(C)CCN(Cc2ccc(C(F)(F)F)cc2)CC1. The zero-order chi connectivity index (χ0) is 21.8. The van der Waals surface area contributed by atoms with Crippen LogP contribution in [0.3, 0.4) is 0 Å². The molecule has 2 fully saturated rings. The summed E-state index contributed by atoms with van der Waals surface area (Å²) in [4.78, 5) is 16.7. The largest absolute Gasteiger partial charge is 0.416 e. The van der Waals surface area contributed by atoms with Crippen LogP contribution in [0.15, 0.2) is 24.3 Å². The van der Waals surface area contributed by atoms with Crippen LogP contribution in [0, 0.1) is 11.3 Å². The van der Waals surface area contributed by atoms with E-state index >= 15 is 0 Å². The molecule has 0 unspecified atom stereocenters. The first-order valence-corrected chi connectivity index (χ1v) is 11.3. The minimum absolute atomic E-state index is 0.108. The van der Waals surface area contributed by atoms with Crippen molar-refractivity contribution in [2.24, 2.45) is 11.3 Å². The summed E-state index contributed by atoms with van der Waals surface area (Å²) in [7, 11) is 0. The van der Waals surface area contributed by atoms with Gasteiger partial charge in [0, 0.05) is 26.6 Å². The molecule has 1 aliphatic carbocycles. The van der Waals surface area contributed by atoms with E-state index in [1.165, 1.54) is 44.2 Å². The van der Waals surface area contributed by atoms with Gasteiger partial charge >= 0.3 is 6.18 Å². The molecule has 3 nitrogen and oxygen atoms in total. The molecule has 0 bridgehead atoms. The fourth-order valence-electron chi connectivity index (χ4n) is 4.91. The fraction of sp³-hybridized carbons (Fsp3) is 0.708. The van der Waals surface area contributed by atoms with E-state index in [0.717, 1.165) is 44.6 Å². The number of hydrogen-bond donors (Lipinski definition) is 0. The van der Waals surface area contributed by atoms with Crippen molar-refractivity contribution in [1.82, 2.24) is 9.80 Å². The third kappa shape index (κ3) is 6.47. The highest BCUT2D eigenvalue weighted by Crippen LogP contribution is 2.34. The van der Waals surface area contributed by atoms with E-state index in [4.69, 9.17) is 0 Å². The van der Waals surface area contributed by atoms with E-state index in [9.17, 15) is 18.0 Å². The lowest BCUT2D eigenvalue weighted by atomic mass is 9.79. The molecular weight excluding hydrogens is 389 g/mol. The first kappa shape index (κ1) is 23.1. The van der Waals surface area contributed by atoms with Gasteiger partial charge in [-0.2, -0.15) is 13.2 Å². The van der Waals surface area contributed by atoms with E-state index in [-0.39, 0.29) is 11.3 Å². The Morgan fingerprint density at radius 2 is 1.70 bits per heavy atom. The monoisotopic (exact) mass is 424 g/mol. The van der Waals surface area contributed by atoms with Crippen LogP contribution in [0.4, 0.5) is 13.2 Å². The molecule has 0 spiro atoms. The lowest BCUT2D eigenvalue weighted by molar-refractivity contribution is -0.137. The van der Waals surface area contributed by atoms with Crippen molar-refractivity contribution >= 4 is 5.91 Å². The summed E-state index contributed by atoms with van der Waals surface area (Å²) in [5.74, 6) is 0.819. The number of amides is 1. The highest BCUT2D eigenvalue weighted by molar-refractivity contribution is 5.73. The van der Waals surface area contributed by atoms with Crippen molar-refractivity contribution in [3.8, 4) is 0 Å². The zero-order valence-electron chi connectivity index (χ0n) is 18.3. The Labute approximate surface area is 178 Å². The van der Waals surface area contributed by atoms with Crippen molar-refractivity contribution in [2.75, 3.05) is 26.2 Å². The third-order valence-electron chi connectivity index (χ3n) is 6.97. The molecule has 6 heteroatoms. The van der Waals surface area contributed by atoms with Gasteiger partial charge < -0.3 is 4.90 Å². The number of carbonyl (C=O) groups is 1. The normalized spacial score (nSPS) is 20.8. The molecule has 1 aromatic carbocycles. The van der Waals surface area contributed by atoms with Gasteiger partial charge in [0.25, 0.3) is 0 Å². The Bertz CT molecular complexity index is 687. The molecule has 168 valence electrons. The Balaban J connectivity index is 1.50. The quantitative estimate of drug-likeness (QED) is 0.582. The Morgan fingerprint density at radius 1 is 1.10 bits per heavy atom. The number of halogens is 3. The standard InChI is InChI=1S/C24H35F3N2O/c1-19(30)29(17-20-6-4-3-5-7-20)18-23(2)12-14-28(15-13-23)16-21-8-10-22(11-9-21)24(25,26)27/h8-11,20H,3-7,12-18H2,1-2H3. The molecule has 1 amide bonds. The predicted molar refractivity (Wildman–Crippen MR) is 113 cm³/mol. The van der Waals surface area contributed by atoms with Gasteiger partial charge in [0.2, 0.25) is 5.91 Å². The van der Waals surface area contributed by atoms with Crippen LogP contribution in [0.1, 0.15) is 69.9 Å². The van der Waals surface area contributed by atoms with Crippen molar-refractivity contribution < 1.29 is 18.0 Å². The van der Waals surface area contributed by atoms with E-state index in [0.29, 0.717) is 12.5 Å². The van der Waals surface area contributed by atoms with Crippen molar-refractivity contribution in [1.29, 1.82) is 0 Å². The lowest BCUT2D eigenvalue weighted by Gasteiger charge is -2.43. The maximum atomic E-state index is 12.7. The van der Waals surface area contributed by atoms with E-state index in [1.54, 1.807) is 19.1 Å². The van der Waals surface area contributed by atoms with Crippen molar-refractivity contribution in [2.45, 2.75) is 71.5 Å². The van der Waals surface area contributed by atoms with Crippen LogP contribution in [0.2, 0.25) is 0 Å². The van der Waals surface area contributed by atoms with Gasteiger partial charge in [-0.25, -0.2) is 0 Å². The van der Waals surface area contributed by atoms with Crippen molar-refractivity contribution in [3.05, 3.63) is 35.4 Å². The number of nitrogens with zero attached hydrogens (tertiary/aromatic N) is 2. The number of piperidine rings is 1. The molecule has 0 atom stereocenters. The van der Waals surface area contributed by atoms with Gasteiger partial charge in [0.15, 0.2) is 0 Å². The molecule has 0 aromatic heterocycles. The molecule has 1 heterocycles. The second kappa shape index (κ2) is 9.71. The topological polar surface area (TPSA) is 23.6 Å². The van der Waals surface area contributed by atoms with Crippen LogP contribution in [-0.2, 0) is 17.5 Å². The second-order valence-corrected chi connectivity index (χ2v) is 9.69. The molecule has 1 saturated carbocycles. The summed E-state index contributed by atoms with van der Waals surface area (Å²) in [6.45, 7) is 8.16. The average Bonchev–Trinajstić information content (AvgIpc) is 2.70. The number of benzene rings is 1. The Kier molecular flexibility index (Phi) is 7.48. The smallest absolute Gasteiger partial charge is 0.342 e. The summed E-state index contributed by atoms with van der Waals surface area (Å²) >= 11 is 0. The van der Waals surface area contributed by atoms with Crippen LogP contribution in [-0.4, -0.2) is 41.9 Å². The Morgan fingerprint density at radius 3 is 2.23 bits per heavy atom. The number of likely N-dealkylation sites (tertiary alicyclic amines) is 1. The van der Waals surface area contributed by atoms with Crippen LogP contribution >= 0.6 is 0 Å². The van der Waals surface area contributed by atoms with Gasteiger partial charge in [0.05, 0.1) is 5.56 Å². The van der Waals surface area contributed by atoms with Crippen LogP contribution < -0.4 is 0 Å². The molecular formula is C24H35F3N2O. The summed E-state index contributed by atoms with van der Waals surface area (Å²) in [5, 5.41) is 0. The molecule has 2 aliphatic rings. The van der Waals surface area contributed by atoms with Gasteiger partial charge in [-0.15, -0.1) is 0 Å². The molecule has 0 radical (unpaired) electrons. The summed E-state index contributed by atoms with van der Waals surface area (Å²) in [6.07, 6.45) is 4.08. The predicted octanol–water partition coefficient (Wildman–Crippen LogP) is 5.74. The maximum absolute atomic E-state index is 12.7. The molecule has 30 heavy (non-hydrogen) atoms. The molecule has 3 rings (SSSR count). The summed E-state index contributed by atoms with van der Waals surface area (Å²) in [5.41, 5.74) is 0.422. The highest BCUT2D eigenvalue weighted by atomic mass is 19.4. The molecule has 1 aromatic rings. The van der Waals surface area contributed by atoms with Gasteiger partial charge in [-0.05, 0) is 67.8 Å². The van der Waals surface area contributed by atoms with Gasteiger partial charge in [-0.1, -0.05) is 38.3 Å². The van der Waals surface area contributed by atoms with Crippen LogP contribution in [0.5, 0.6) is 0 Å². The minimum Gasteiger partial charge on any atom is -0.342 e. The lowest BCUT2D eigenvalue weighted by Crippen LogP contribution is -2.47. The average molecular weight is 425 g/mol. The Hall–Kier alpha value is -1.56. The summed E-state index contributed by atoms with van der Waals surface area (Å²) in [6, 6.07) is 5.50. The number of hydrogen-bond acceptors (Lipinski definition) is 2. The van der Waals surface area contributed by atoms with Crippen molar-refractivity contribution in [3.63, 3.8) is 0 Å². The number of alkyl halides is 3.